The van der Waals surface area contributed by atoms with Gasteiger partial charge >= 0.3 is 5.97 Å². The van der Waals surface area contributed by atoms with Gasteiger partial charge in [0.15, 0.2) is 0 Å². The van der Waals surface area contributed by atoms with E-state index in [1.54, 1.807) is 12.1 Å². The van der Waals surface area contributed by atoms with Crippen LogP contribution in [-0.2, 0) is 11.3 Å². The molecule has 1 aliphatic rings. The Balaban J connectivity index is 0.000000187. The van der Waals surface area contributed by atoms with Crippen LogP contribution in [0.4, 0.5) is 0 Å². The van der Waals surface area contributed by atoms with Crippen molar-refractivity contribution < 1.29 is 9.53 Å². The van der Waals surface area contributed by atoms with Gasteiger partial charge in [0.05, 0.1) is 5.56 Å². The maximum Gasteiger partial charge on any atom is 0.338 e. The monoisotopic (exact) mass is 216 g/mol. The second-order valence-corrected chi connectivity index (χ2v) is 3.31. The molecule has 2 nitrogen and oxygen atoms in total. The minimum atomic E-state index is -0.199. The summed E-state index contributed by atoms with van der Waals surface area (Å²) in [5.74, 6) is -0.199. The van der Waals surface area contributed by atoms with Crippen molar-refractivity contribution in [3.63, 3.8) is 0 Å². The first kappa shape index (κ1) is 12.2. The Morgan fingerprint density at radius 2 is 2.19 bits per heavy atom. The number of cyclic esters (lactones) is 1. The van der Waals surface area contributed by atoms with Crippen LogP contribution in [0.3, 0.4) is 0 Å². The van der Waals surface area contributed by atoms with Gasteiger partial charge in [-0.3, -0.25) is 0 Å². The summed E-state index contributed by atoms with van der Waals surface area (Å²) >= 11 is 0. The summed E-state index contributed by atoms with van der Waals surface area (Å²) in [6.07, 6.45) is 6.89. The highest BCUT2D eigenvalue weighted by Crippen LogP contribution is 2.17. The summed E-state index contributed by atoms with van der Waals surface area (Å²) in [4.78, 5) is 10.8. The largest absolute Gasteiger partial charge is 0.457 e. The molecule has 1 aromatic carbocycles. The fourth-order valence-corrected chi connectivity index (χ4v) is 1.30. The SMILES string of the molecule is C=CC=CCC.O=C1OCc2ccccc21. The van der Waals surface area contributed by atoms with E-state index in [9.17, 15) is 4.79 Å². The topological polar surface area (TPSA) is 26.3 Å². The van der Waals surface area contributed by atoms with E-state index in [2.05, 4.69) is 19.6 Å². The van der Waals surface area contributed by atoms with Gasteiger partial charge < -0.3 is 4.74 Å². The van der Waals surface area contributed by atoms with Gasteiger partial charge in [-0.1, -0.05) is 49.9 Å². The van der Waals surface area contributed by atoms with Crippen LogP contribution in [0, 0.1) is 0 Å². The number of rotatable bonds is 2. The number of ether oxygens (including phenoxy) is 1. The van der Waals surface area contributed by atoms with Crippen molar-refractivity contribution in [2.24, 2.45) is 0 Å². The van der Waals surface area contributed by atoms with E-state index in [0.29, 0.717) is 12.2 Å². The zero-order valence-electron chi connectivity index (χ0n) is 9.48. The molecule has 0 radical (unpaired) electrons. The van der Waals surface area contributed by atoms with Crippen molar-refractivity contribution in [3.05, 3.63) is 60.2 Å². The maximum absolute atomic E-state index is 10.8. The van der Waals surface area contributed by atoms with E-state index >= 15 is 0 Å². The molecule has 0 bridgehead atoms. The van der Waals surface area contributed by atoms with Gasteiger partial charge in [-0.25, -0.2) is 4.79 Å². The van der Waals surface area contributed by atoms with Gasteiger partial charge in [-0.05, 0) is 12.5 Å². The summed E-state index contributed by atoms with van der Waals surface area (Å²) in [5, 5.41) is 0. The minimum Gasteiger partial charge on any atom is -0.457 e. The van der Waals surface area contributed by atoms with Crippen LogP contribution in [0.2, 0.25) is 0 Å². The Bertz CT molecular complexity index is 391. The molecule has 1 heterocycles. The second-order valence-electron chi connectivity index (χ2n) is 3.31. The first-order chi connectivity index (χ1) is 7.79. The van der Waals surface area contributed by atoms with Gasteiger partial charge in [0.2, 0.25) is 0 Å². The van der Waals surface area contributed by atoms with Gasteiger partial charge in [-0.2, -0.15) is 0 Å². The first-order valence-electron chi connectivity index (χ1n) is 5.32. The van der Waals surface area contributed by atoms with Crippen molar-refractivity contribution in [1.29, 1.82) is 0 Å². The number of carbonyl (C=O) groups excluding carboxylic acids is 1. The molecule has 1 aromatic rings. The van der Waals surface area contributed by atoms with Crippen LogP contribution in [0.15, 0.2) is 49.1 Å². The lowest BCUT2D eigenvalue weighted by Crippen LogP contribution is -1.91. The number of hydrogen-bond donors (Lipinski definition) is 0. The smallest absolute Gasteiger partial charge is 0.338 e. The van der Waals surface area contributed by atoms with Crippen LogP contribution < -0.4 is 0 Å². The van der Waals surface area contributed by atoms with E-state index in [0.717, 1.165) is 12.0 Å². The van der Waals surface area contributed by atoms with Gasteiger partial charge in [0, 0.05) is 5.56 Å². The molecule has 0 spiro atoms. The highest BCUT2D eigenvalue weighted by Gasteiger charge is 2.18. The third-order valence-electron chi connectivity index (χ3n) is 2.10. The van der Waals surface area contributed by atoms with Crippen LogP contribution in [0.1, 0.15) is 29.3 Å². The summed E-state index contributed by atoms with van der Waals surface area (Å²) in [5.41, 5.74) is 1.70. The van der Waals surface area contributed by atoms with Gasteiger partial charge in [0.25, 0.3) is 0 Å². The molecule has 0 fully saturated rings. The van der Waals surface area contributed by atoms with E-state index in [1.807, 2.05) is 24.3 Å². The molecule has 0 atom stereocenters. The van der Waals surface area contributed by atoms with Crippen LogP contribution in [-0.4, -0.2) is 5.97 Å². The quantitative estimate of drug-likeness (QED) is 0.558. The summed E-state index contributed by atoms with van der Waals surface area (Å²) in [7, 11) is 0. The van der Waals surface area contributed by atoms with Crippen LogP contribution in [0.5, 0.6) is 0 Å². The number of carbonyl (C=O) groups is 1. The summed E-state index contributed by atoms with van der Waals surface area (Å²) in [6, 6.07) is 7.43. The lowest BCUT2D eigenvalue weighted by atomic mass is 10.1. The molecule has 1 aliphatic heterocycles. The summed E-state index contributed by atoms with van der Waals surface area (Å²) < 4.78 is 4.78. The number of benzene rings is 1. The Labute approximate surface area is 96.2 Å². The Morgan fingerprint density at radius 1 is 1.44 bits per heavy atom. The maximum atomic E-state index is 10.8. The zero-order valence-corrected chi connectivity index (χ0v) is 9.48. The fraction of sp³-hybridized carbons (Fsp3) is 0.214. The van der Waals surface area contributed by atoms with Gasteiger partial charge in [-0.15, -0.1) is 0 Å². The molecule has 2 rings (SSSR count). The van der Waals surface area contributed by atoms with Crippen LogP contribution >= 0.6 is 0 Å². The lowest BCUT2D eigenvalue weighted by molar-refractivity contribution is 0.0535. The first-order valence-corrected chi connectivity index (χ1v) is 5.32. The van der Waals surface area contributed by atoms with Crippen LogP contribution in [0.25, 0.3) is 0 Å². The highest BCUT2D eigenvalue weighted by molar-refractivity contribution is 5.93. The standard InChI is InChI=1S/C8H6O2.C6H10/c9-8-7-4-2-1-3-6(7)5-10-8;1-3-5-6-4-2/h1-4H,5H2;3,5-6H,1,4H2,2H3. The molecule has 0 saturated carbocycles. The molecule has 0 aromatic heterocycles. The molecule has 16 heavy (non-hydrogen) atoms. The number of hydrogen-bond acceptors (Lipinski definition) is 2. The normalized spacial score (nSPS) is 12.7. The van der Waals surface area contributed by atoms with E-state index in [4.69, 9.17) is 4.74 Å². The molecule has 0 saturated heterocycles. The lowest BCUT2D eigenvalue weighted by Gasteiger charge is -1.87. The molecular formula is C14H16O2. The predicted molar refractivity (Wildman–Crippen MR) is 65.2 cm³/mol. The number of esters is 1. The molecule has 0 unspecified atom stereocenters. The average Bonchev–Trinajstić information content (AvgIpc) is 2.70. The zero-order chi connectivity index (χ0) is 11.8. The van der Waals surface area contributed by atoms with Crippen molar-refractivity contribution in [3.8, 4) is 0 Å². The highest BCUT2D eigenvalue weighted by atomic mass is 16.5. The summed E-state index contributed by atoms with van der Waals surface area (Å²) in [6.45, 7) is 6.05. The second kappa shape index (κ2) is 6.62. The molecule has 0 N–H and O–H groups in total. The number of fused-ring (bicyclic) bond motifs is 1. The third-order valence-corrected chi connectivity index (χ3v) is 2.10. The molecule has 0 aliphatic carbocycles. The van der Waals surface area contributed by atoms with Gasteiger partial charge in [0.1, 0.15) is 6.61 Å². The van der Waals surface area contributed by atoms with Crippen molar-refractivity contribution in [1.82, 2.24) is 0 Å². The third kappa shape index (κ3) is 3.39. The Kier molecular flexibility index (Phi) is 5.06. The predicted octanol–water partition coefficient (Wildman–Crippen LogP) is 3.50. The fourth-order valence-electron chi connectivity index (χ4n) is 1.30. The van der Waals surface area contributed by atoms with Crippen molar-refractivity contribution >= 4 is 5.97 Å². The minimum absolute atomic E-state index is 0.199. The van der Waals surface area contributed by atoms with E-state index < -0.39 is 0 Å². The molecular weight excluding hydrogens is 200 g/mol. The number of allylic oxidation sites excluding steroid dienone is 3. The van der Waals surface area contributed by atoms with E-state index in [-0.39, 0.29) is 5.97 Å². The Hall–Kier alpha value is -1.83. The van der Waals surface area contributed by atoms with Crippen molar-refractivity contribution in [2.45, 2.75) is 20.0 Å². The Morgan fingerprint density at radius 3 is 2.75 bits per heavy atom. The molecule has 2 heteroatoms. The molecule has 84 valence electrons. The van der Waals surface area contributed by atoms with E-state index in [1.165, 1.54) is 0 Å². The average molecular weight is 216 g/mol. The van der Waals surface area contributed by atoms with Crippen molar-refractivity contribution in [2.75, 3.05) is 0 Å². The molecule has 0 amide bonds.